The predicted molar refractivity (Wildman–Crippen MR) is 168 cm³/mol. The van der Waals surface area contributed by atoms with Crippen LogP contribution in [-0.2, 0) is 23.2 Å². The summed E-state index contributed by atoms with van der Waals surface area (Å²) >= 11 is 0. The molecule has 1 heterocycles. The lowest BCUT2D eigenvalue weighted by Crippen LogP contribution is -2.34. The van der Waals surface area contributed by atoms with Gasteiger partial charge in [-0.05, 0) is 76.7 Å². The number of methoxy groups -OCH3 is 2. The molecule has 208 valence electrons. The Morgan fingerprint density at radius 3 is 2.19 bits per heavy atom. The summed E-state index contributed by atoms with van der Waals surface area (Å²) in [6.45, 7) is 1.51. The Hall–Kier alpha value is -5.03. The molecule has 5 heteroatoms. The molecule has 5 nitrogen and oxygen atoms in total. The second kappa shape index (κ2) is 10.1. The summed E-state index contributed by atoms with van der Waals surface area (Å²) < 4.78 is 18.8. The maximum atomic E-state index is 11.7. The van der Waals surface area contributed by atoms with Gasteiger partial charge in [0, 0.05) is 34.9 Å². The Kier molecular flexibility index (Phi) is 6.23. The minimum atomic E-state index is -0.882. The monoisotopic (exact) mass is 553 g/mol. The maximum absolute atomic E-state index is 11.7. The van der Waals surface area contributed by atoms with Crippen LogP contribution in [0.2, 0.25) is 0 Å². The molecule has 0 spiro atoms. The summed E-state index contributed by atoms with van der Waals surface area (Å²) in [6.07, 6.45) is 6.19. The molecule has 1 aliphatic carbocycles. The van der Waals surface area contributed by atoms with Gasteiger partial charge in [-0.1, -0.05) is 66.7 Å². The van der Waals surface area contributed by atoms with E-state index in [1.165, 1.54) is 23.6 Å². The Labute approximate surface area is 245 Å². The number of benzene rings is 5. The number of carbonyl (C=O) groups excluding carboxylic acids is 1. The summed E-state index contributed by atoms with van der Waals surface area (Å²) in [7, 11) is 3.35. The van der Waals surface area contributed by atoms with Crippen molar-refractivity contribution in [2.24, 2.45) is 0 Å². The van der Waals surface area contributed by atoms with Crippen molar-refractivity contribution < 1.29 is 19.0 Å². The standard InChI is InChI=1S/C37H31NO4/c1-23(39)38-27-16-14-26(15-17-27)37(25-10-5-4-6-11-25)20-19-30-32-22-34(41-3)33(40-2)21-31(32)29-18-13-24-9-7-8-12-28(24)35(29)36(30)42-37/h4-12,14-17,19-22H,13,18H2,1-3H3,(H,38,39). The van der Waals surface area contributed by atoms with Crippen molar-refractivity contribution in [2.45, 2.75) is 25.4 Å². The smallest absolute Gasteiger partial charge is 0.221 e. The number of hydrogen-bond acceptors (Lipinski definition) is 4. The van der Waals surface area contributed by atoms with E-state index in [2.05, 4.69) is 66.0 Å². The molecule has 0 saturated carbocycles. The molecule has 5 aromatic carbocycles. The van der Waals surface area contributed by atoms with Crippen molar-refractivity contribution in [1.29, 1.82) is 0 Å². The zero-order chi connectivity index (χ0) is 28.8. The van der Waals surface area contributed by atoms with Gasteiger partial charge in [-0.2, -0.15) is 0 Å². The van der Waals surface area contributed by atoms with E-state index < -0.39 is 5.60 Å². The van der Waals surface area contributed by atoms with Gasteiger partial charge < -0.3 is 19.5 Å². The van der Waals surface area contributed by atoms with Gasteiger partial charge in [0.2, 0.25) is 5.91 Å². The molecule has 0 radical (unpaired) electrons. The molecule has 2 aliphatic rings. The van der Waals surface area contributed by atoms with Crippen molar-refractivity contribution in [1.82, 2.24) is 0 Å². The first-order valence-corrected chi connectivity index (χ1v) is 14.2. The van der Waals surface area contributed by atoms with Crippen molar-refractivity contribution in [2.75, 3.05) is 19.5 Å². The van der Waals surface area contributed by atoms with E-state index in [4.69, 9.17) is 14.2 Å². The van der Waals surface area contributed by atoms with Gasteiger partial charge in [0.05, 0.1) is 14.2 Å². The molecule has 0 aromatic heterocycles. The molecule has 1 atom stereocenters. The average molecular weight is 554 g/mol. The third-order valence-corrected chi connectivity index (χ3v) is 8.43. The molecule has 7 rings (SSSR count). The highest BCUT2D eigenvalue weighted by Crippen LogP contribution is 2.53. The fraction of sp³-hybridized carbons (Fsp3) is 0.162. The molecule has 0 bridgehead atoms. The Bertz CT molecular complexity index is 1880. The van der Waals surface area contributed by atoms with Crippen LogP contribution in [0.1, 0.15) is 34.7 Å². The van der Waals surface area contributed by atoms with Gasteiger partial charge in [-0.3, -0.25) is 4.79 Å². The number of anilines is 1. The minimum Gasteiger partial charge on any atom is -0.493 e. The first kappa shape index (κ1) is 25.9. The van der Waals surface area contributed by atoms with Crippen molar-refractivity contribution in [3.8, 4) is 28.4 Å². The number of rotatable bonds is 5. The van der Waals surface area contributed by atoms with E-state index in [1.807, 2.05) is 42.5 Å². The molecule has 0 fully saturated rings. The molecule has 1 amide bonds. The lowest BCUT2D eigenvalue weighted by molar-refractivity contribution is -0.114. The fourth-order valence-corrected chi connectivity index (χ4v) is 6.50. The van der Waals surface area contributed by atoms with Gasteiger partial charge in [-0.25, -0.2) is 0 Å². The highest BCUT2D eigenvalue weighted by atomic mass is 16.5. The van der Waals surface area contributed by atoms with E-state index in [0.29, 0.717) is 11.5 Å². The zero-order valence-corrected chi connectivity index (χ0v) is 23.9. The van der Waals surface area contributed by atoms with Crippen LogP contribution in [0.25, 0.3) is 28.0 Å². The maximum Gasteiger partial charge on any atom is 0.221 e. The van der Waals surface area contributed by atoms with Crippen LogP contribution < -0.4 is 19.5 Å². The summed E-state index contributed by atoms with van der Waals surface area (Å²) in [5.74, 6) is 2.15. The normalized spacial score (nSPS) is 16.5. The van der Waals surface area contributed by atoms with Gasteiger partial charge in [0.1, 0.15) is 5.75 Å². The number of amides is 1. The number of hydrogen-bond donors (Lipinski definition) is 1. The molecule has 1 unspecified atom stereocenters. The Morgan fingerprint density at radius 1 is 0.810 bits per heavy atom. The topological polar surface area (TPSA) is 56.8 Å². The third-order valence-electron chi connectivity index (χ3n) is 8.43. The third kappa shape index (κ3) is 4.04. The highest BCUT2D eigenvalue weighted by Gasteiger charge is 2.40. The van der Waals surface area contributed by atoms with E-state index in [1.54, 1.807) is 14.2 Å². The van der Waals surface area contributed by atoms with Crippen LogP contribution in [0.5, 0.6) is 17.2 Å². The van der Waals surface area contributed by atoms with Crippen molar-refractivity contribution >= 4 is 28.4 Å². The summed E-state index contributed by atoms with van der Waals surface area (Å²) in [5.41, 5.74) is 7.76. The fourth-order valence-electron chi connectivity index (χ4n) is 6.50. The summed E-state index contributed by atoms with van der Waals surface area (Å²) in [5, 5.41) is 5.09. The van der Waals surface area contributed by atoms with Gasteiger partial charge in [0.25, 0.3) is 0 Å². The van der Waals surface area contributed by atoms with Gasteiger partial charge >= 0.3 is 0 Å². The van der Waals surface area contributed by atoms with E-state index >= 15 is 0 Å². The summed E-state index contributed by atoms with van der Waals surface area (Å²) in [6, 6.07) is 31.0. The summed E-state index contributed by atoms with van der Waals surface area (Å²) in [4.78, 5) is 11.7. The van der Waals surface area contributed by atoms with Gasteiger partial charge in [0.15, 0.2) is 17.1 Å². The Morgan fingerprint density at radius 2 is 1.48 bits per heavy atom. The van der Waals surface area contributed by atoms with Crippen molar-refractivity contribution in [3.05, 3.63) is 125 Å². The first-order valence-electron chi connectivity index (χ1n) is 14.2. The molecule has 1 aliphatic heterocycles. The quantitative estimate of drug-likeness (QED) is 0.240. The van der Waals surface area contributed by atoms with Crippen LogP contribution in [-0.4, -0.2) is 20.1 Å². The number of nitrogens with one attached hydrogen (secondary N) is 1. The lowest BCUT2D eigenvalue weighted by Gasteiger charge is -2.39. The average Bonchev–Trinajstić information content (AvgIpc) is 3.04. The minimum absolute atomic E-state index is 0.104. The van der Waals surface area contributed by atoms with Crippen LogP contribution >= 0.6 is 0 Å². The van der Waals surface area contributed by atoms with Crippen molar-refractivity contribution in [3.63, 3.8) is 0 Å². The molecule has 1 N–H and O–H groups in total. The van der Waals surface area contributed by atoms with Crippen LogP contribution in [0, 0.1) is 0 Å². The van der Waals surface area contributed by atoms with Crippen LogP contribution in [0.15, 0.2) is 97.1 Å². The molecule has 42 heavy (non-hydrogen) atoms. The second-order valence-electron chi connectivity index (χ2n) is 10.8. The molecule has 0 saturated heterocycles. The largest absolute Gasteiger partial charge is 0.493 e. The van der Waals surface area contributed by atoms with E-state index in [0.717, 1.165) is 57.3 Å². The van der Waals surface area contributed by atoms with Gasteiger partial charge in [-0.15, -0.1) is 0 Å². The zero-order valence-electron chi connectivity index (χ0n) is 23.9. The number of carbonyl (C=O) groups is 1. The predicted octanol–water partition coefficient (Wildman–Crippen LogP) is 7.93. The van der Waals surface area contributed by atoms with E-state index in [9.17, 15) is 4.79 Å². The van der Waals surface area contributed by atoms with Crippen LogP contribution in [0.4, 0.5) is 5.69 Å². The first-order chi connectivity index (χ1) is 20.5. The second-order valence-corrected chi connectivity index (χ2v) is 10.8. The molecule has 5 aromatic rings. The number of ether oxygens (including phenoxy) is 3. The lowest BCUT2D eigenvalue weighted by atomic mass is 9.78. The Balaban J connectivity index is 1.52. The highest BCUT2D eigenvalue weighted by molar-refractivity contribution is 6.05. The SMILES string of the molecule is COc1cc2c3c(c4c(c2cc1OC)CCc1ccccc1-4)OC(c1ccccc1)(c1ccc(NC(C)=O)cc1)C=C3. The van der Waals surface area contributed by atoms with Crippen LogP contribution in [0.3, 0.4) is 0 Å². The molecular formula is C37H31NO4. The van der Waals surface area contributed by atoms with E-state index in [-0.39, 0.29) is 5.91 Å². The number of aryl methyl sites for hydroxylation is 2. The number of fused-ring (bicyclic) bond motifs is 8. The molecular weight excluding hydrogens is 522 g/mol.